The van der Waals surface area contributed by atoms with Crippen molar-refractivity contribution in [1.82, 2.24) is 20.2 Å². The molecule has 1 saturated heterocycles. The van der Waals surface area contributed by atoms with Crippen molar-refractivity contribution in [3.63, 3.8) is 0 Å². The third-order valence-electron chi connectivity index (χ3n) is 7.99. The van der Waals surface area contributed by atoms with Crippen molar-refractivity contribution >= 4 is 26.8 Å². The summed E-state index contributed by atoms with van der Waals surface area (Å²) < 4.78 is 45.2. The smallest absolute Gasteiger partial charge is 0.254 e. The first-order valence-corrected chi connectivity index (χ1v) is 15.9. The molecule has 4 aromatic rings. The molecule has 8 nitrogen and oxygen atoms in total. The molecule has 0 radical (unpaired) electrons. The fraction of sp³-hybridized carbons (Fsp3) is 0.355. The highest BCUT2D eigenvalue weighted by Crippen LogP contribution is 2.32. The van der Waals surface area contributed by atoms with E-state index in [4.69, 9.17) is 9.72 Å². The molecule has 3 aromatic carbocycles. The first kappa shape index (κ1) is 27.4. The molecule has 2 aliphatic heterocycles. The summed E-state index contributed by atoms with van der Waals surface area (Å²) in [5.74, 6) is 0.470. The molecule has 2 N–H and O–H groups in total. The summed E-state index contributed by atoms with van der Waals surface area (Å²) in [4.78, 5) is 23.1. The van der Waals surface area contributed by atoms with E-state index < -0.39 is 20.5 Å². The fourth-order valence-electron chi connectivity index (χ4n) is 5.85. The maximum atomic E-state index is 15.1. The highest BCUT2D eigenvalue weighted by atomic mass is 32.2. The van der Waals surface area contributed by atoms with Gasteiger partial charge in [0.1, 0.15) is 28.9 Å². The Morgan fingerprint density at radius 2 is 1.95 bits per heavy atom. The van der Waals surface area contributed by atoms with Gasteiger partial charge in [-0.1, -0.05) is 19.1 Å². The van der Waals surface area contributed by atoms with E-state index in [9.17, 15) is 13.2 Å². The number of benzene rings is 3. The Morgan fingerprint density at radius 3 is 2.71 bits per heavy atom. The largest absolute Gasteiger partial charge is 0.491 e. The summed E-state index contributed by atoms with van der Waals surface area (Å²) in [5.41, 5.74) is 5.02. The van der Waals surface area contributed by atoms with Crippen LogP contribution in [0.15, 0.2) is 53.4 Å². The van der Waals surface area contributed by atoms with Gasteiger partial charge in [-0.25, -0.2) is 17.8 Å². The van der Waals surface area contributed by atoms with Gasteiger partial charge in [-0.05, 0) is 73.3 Å². The molecule has 41 heavy (non-hydrogen) atoms. The lowest BCUT2D eigenvalue weighted by Crippen LogP contribution is -2.33. The van der Waals surface area contributed by atoms with Gasteiger partial charge in [0.2, 0.25) is 0 Å². The van der Waals surface area contributed by atoms with Crippen LogP contribution in [0.1, 0.15) is 47.1 Å². The number of ether oxygens (including phenoxy) is 1. The van der Waals surface area contributed by atoms with E-state index >= 15 is 4.39 Å². The lowest BCUT2D eigenvalue weighted by Gasteiger charge is -2.22. The van der Waals surface area contributed by atoms with Crippen LogP contribution >= 0.6 is 0 Å². The summed E-state index contributed by atoms with van der Waals surface area (Å²) in [7, 11) is -3.76. The van der Waals surface area contributed by atoms with Crippen LogP contribution in [-0.4, -0.2) is 61.2 Å². The molecule has 1 fully saturated rings. The molecule has 0 saturated carbocycles. The first-order valence-electron chi connectivity index (χ1n) is 14.0. The van der Waals surface area contributed by atoms with Gasteiger partial charge in [0, 0.05) is 42.0 Å². The zero-order valence-electron chi connectivity index (χ0n) is 23.2. The molecule has 1 amide bonds. The molecule has 0 bridgehead atoms. The number of nitrogens with zero attached hydrogens (tertiary/aromatic N) is 2. The van der Waals surface area contributed by atoms with Gasteiger partial charge < -0.3 is 19.9 Å². The Bertz CT molecular complexity index is 1740. The second-order valence-corrected chi connectivity index (χ2v) is 12.8. The molecule has 0 spiro atoms. The zero-order valence-corrected chi connectivity index (χ0v) is 24.0. The summed E-state index contributed by atoms with van der Waals surface area (Å²) in [6.45, 7) is 3.67. The van der Waals surface area contributed by atoms with Gasteiger partial charge in [-0.2, -0.15) is 0 Å². The van der Waals surface area contributed by atoms with Gasteiger partial charge in [-0.15, -0.1) is 0 Å². The Morgan fingerprint density at radius 1 is 1.15 bits per heavy atom. The number of aromatic nitrogens is 2. The van der Waals surface area contributed by atoms with Crippen molar-refractivity contribution in [1.29, 1.82) is 0 Å². The number of fused-ring (bicyclic) bond motifs is 2. The van der Waals surface area contributed by atoms with Crippen LogP contribution in [0.3, 0.4) is 0 Å². The SMILES string of the molecule is CCc1c(C(=O)N2CCOc3ccc(-c4ccc5nc(C[C@@H]6CCCN6)[nH]c5c4)cc3C2)ccc(S(C)(=O)=O)c1F. The minimum atomic E-state index is -3.76. The lowest BCUT2D eigenvalue weighted by atomic mass is 10.0. The van der Waals surface area contributed by atoms with E-state index in [0.29, 0.717) is 24.9 Å². The van der Waals surface area contributed by atoms with Gasteiger partial charge in [0.15, 0.2) is 9.84 Å². The third-order valence-corrected chi connectivity index (χ3v) is 9.10. The average Bonchev–Trinajstić information content (AvgIpc) is 3.55. The number of aromatic amines is 1. The van der Waals surface area contributed by atoms with Crippen LogP contribution in [0.2, 0.25) is 0 Å². The monoisotopic (exact) mass is 576 g/mol. The number of halogens is 1. The number of rotatable bonds is 6. The van der Waals surface area contributed by atoms with E-state index in [2.05, 4.69) is 16.4 Å². The molecular weight excluding hydrogens is 543 g/mol. The second kappa shape index (κ2) is 10.9. The Balaban J connectivity index is 1.27. The molecule has 3 heterocycles. The van der Waals surface area contributed by atoms with E-state index in [1.54, 1.807) is 11.8 Å². The molecule has 2 aliphatic rings. The molecule has 1 atom stereocenters. The topological polar surface area (TPSA) is 104 Å². The predicted octanol–water partition coefficient (Wildman–Crippen LogP) is 4.66. The minimum Gasteiger partial charge on any atom is -0.491 e. The maximum Gasteiger partial charge on any atom is 0.254 e. The van der Waals surface area contributed by atoms with Crippen molar-refractivity contribution in [2.24, 2.45) is 0 Å². The van der Waals surface area contributed by atoms with E-state index in [1.807, 2.05) is 30.3 Å². The molecular formula is C31H33FN4O4S. The van der Waals surface area contributed by atoms with Gasteiger partial charge in [0.25, 0.3) is 5.91 Å². The number of sulfone groups is 1. The Kier molecular flexibility index (Phi) is 7.29. The number of hydrogen-bond donors (Lipinski definition) is 2. The summed E-state index contributed by atoms with van der Waals surface area (Å²) in [6.07, 6.45) is 4.40. The number of hydrogen-bond acceptors (Lipinski definition) is 6. The summed E-state index contributed by atoms with van der Waals surface area (Å²) in [6, 6.07) is 15.2. The lowest BCUT2D eigenvalue weighted by molar-refractivity contribution is 0.0731. The number of imidazole rings is 1. The number of amides is 1. The van der Waals surface area contributed by atoms with E-state index in [0.717, 1.165) is 52.8 Å². The number of H-pyrrole nitrogens is 1. The van der Waals surface area contributed by atoms with Crippen molar-refractivity contribution in [3.05, 3.63) is 76.9 Å². The van der Waals surface area contributed by atoms with Crippen LogP contribution in [0, 0.1) is 5.82 Å². The Hall–Kier alpha value is -3.76. The van der Waals surface area contributed by atoms with Crippen molar-refractivity contribution in [2.45, 2.75) is 50.1 Å². The van der Waals surface area contributed by atoms with Crippen LogP contribution in [0.4, 0.5) is 4.39 Å². The minimum absolute atomic E-state index is 0.105. The average molecular weight is 577 g/mol. The van der Waals surface area contributed by atoms with E-state index in [1.165, 1.54) is 25.0 Å². The molecule has 214 valence electrons. The predicted molar refractivity (Wildman–Crippen MR) is 155 cm³/mol. The second-order valence-electron chi connectivity index (χ2n) is 10.8. The van der Waals surface area contributed by atoms with Gasteiger partial charge >= 0.3 is 0 Å². The molecule has 6 rings (SSSR count). The maximum absolute atomic E-state index is 15.1. The van der Waals surface area contributed by atoms with Gasteiger partial charge in [-0.3, -0.25) is 4.79 Å². The first-order chi connectivity index (χ1) is 19.7. The normalized spacial score (nSPS) is 17.3. The third kappa shape index (κ3) is 5.46. The Labute approximate surface area is 238 Å². The number of carbonyl (C=O) groups excluding carboxylic acids is 1. The highest BCUT2D eigenvalue weighted by molar-refractivity contribution is 7.90. The zero-order chi connectivity index (χ0) is 28.7. The van der Waals surface area contributed by atoms with Crippen LogP contribution in [0.5, 0.6) is 5.75 Å². The standard InChI is InChI=1S/C31H33FN4O4S/c1-3-23-24(8-11-28(30(23)32)41(2,38)39)31(37)36-13-14-40-27-10-7-19(15-21(27)18-36)20-6-9-25-26(16-20)35-29(34-25)17-22-5-4-12-33-22/h6-11,15-16,22,33H,3-5,12-14,17-18H2,1-2H3,(H,34,35)/t22-/m0/s1. The van der Waals surface area contributed by atoms with Crippen LogP contribution in [0.25, 0.3) is 22.2 Å². The van der Waals surface area contributed by atoms with Crippen molar-refractivity contribution in [2.75, 3.05) is 26.0 Å². The van der Waals surface area contributed by atoms with E-state index in [-0.39, 0.29) is 30.0 Å². The van der Waals surface area contributed by atoms with Gasteiger partial charge in [0.05, 0.1) is 17.6 Å². The molecule has 0 unspecified atom stereocenters. The quantitative estimate of drug-likeness (QED) is 0.346. The van der Waals surface area contributed by atoms with Crippen molar-refractivity contribution in [3.8, 4) is 16.9 Å². The molecule has 1 aromatic heterocycles. The summed E-state index contributed by atoms with van der Waals surface area (Å²) in [5, 5.41) is 3.52. The number of carbonyl (C=O) groups is 1. The molecule has 0 aliphatic carbocycles. The van der Waals surface area contributed by atoms with Crippen molar-refractivity contribution < 1.29 is 22.3 Å². The molecule has 10 heteroatoms. The fourth-order valence-corrected chi connectivity index (χ4v) is 6.62. The van der Waals surface area contributed by atoms with Crippen LogP contribution in [-0.2, 0) is 29.2 Å². The summed E-state index contributed by atoms with van der Waals surface area (Å²) >= 11 is 0. The highest BCUT2D eigenvalue weighted by Gasteiger charge is 2.27. The van der Waals surface area contributed by atoms with Crippen LogP contribution < -0.4 is 10.1 Å². The number of nitrogens with one attached hydrogen (secondary N) is 2.